The molecule has 0 aliphatic rings. The molecule has 0 amide bonds. The van der Waals surface area contributed by atoms with Crippen molar-refractivity contribution in [3.05, 3.63) is 23.2 Å². The summed E-state index contributed by atoms with van der Waals surface area (Å²) >= 11 is 0. The molecule has 0 bridgehead atoms. The SMILES string of the molecule is CNCc1oc(CN(C)CCC(C)C)cc1C. The van der Waals surface area contributed by atoms with E-state index in [9.17, 15) is 0 Å². The second kappa shape index (κ2) is 6.82. The van der Waals surface area contributed by atoms with Gasteiger partial charge in [0.05, 0.1) is 13.1 Å². The summed E-state index contributed by atoms with van der Waals surface area (Å²) in [7, 11) is 4.09. The van der Waals surface area contributed by atoms with Crippen molar-refractivity contribution < 1.29 is 4.42 Å². The third kappa shape index (κ3) is 4.92. The van der Waals surface area contributed by atoms with Gasteiger partial charge in [0, 0.05) is 0 Å². The van der Waals surface area contributed by atoms with Crippen LogP contribution in [0, 0.1) is 12.8 Å². The predicted octanol–water partition coefficient (Wildman–Crippen LogP) is 2.79. The van der Waals surface area contributed by atoms with Gasteiger partial charge in [-0.05, 0) is 51.5 Å². The topological polar surface area (TPSA) is 28.4 Å². The Morgan fingerprint density at radius 2 is 2.12 bits per heavy atom. The summed E-state index contributed by atoms with van der Waals surface area (Å²) in [5.41, 5.74) is 1.24. The molecule has 0 radical (unpaired) electrons. The van der Waals surface area contributed by atoms with Gasteiger partial charge in [-0.25, -0.2) is 0 Å². The first-order valence-corrected chi connectivity index (χ1v) is 6.44. The van der Waals surface area contributed by atoms with E-state index in [1.807, 2.05) is 7.05 Å². The second-order valence-electron chi connectivity index (χ2n) is 5.27. The maximum Gasteiger partial charge on any atom is 0.120 e. The molecule has 1 heterocycles. The lowest BCUT2D eigenvalue weighted by molar-refractivity contribution is 0.274. The highest BCUT2D eigenvalue weighted by atomic mass is 16.3. The molecule has 0 saturated heterocycles. The van der Waals surface area contributed by atoms with E-state index in [1.54, 1.807) is 0 Å². The molecule has 0 unspecified atom stereocenters. The van der Waals surface area contributed by atoms with Crippen LogP contribution >= 0.6 is 0 Å². The highest BCUT2D eigenvalue weighted by Crippen LogP contribution is 2.16. The molecule has 3 nitrogen and oxygen atoms in total. The number of nitrogens with zero attached hydrogens (tertiary/aromatic N) is 1. The molecule has 98 valence electrons. The van der Waals surface area contributed by atoms with Crippen molar-refractivity contribution in [3.8, 4) is 0 Å². The molecule has 1 N–H and O–H groups in total. The van der Waals surface area contributed by atoms with Gasteiger partial charge >= 0.3 is 0 Å². The van der Waals surface area contributed by atoms with Crippen molar-refractivity contribution >= 4 is 0 Å². The molecule has 0 aliphatic carbocycles. The van der Waals surface area contributed by atoms with Crippen molar-refractivity contribution in [2.24, 2.45) is 5.92 Å². The summed E-state index contributed by atoms with van der Waals surface area (Å²) in [6.07, 6.45) is 1.24. The Morgan fingerprint density at radius 3 is 2.71 bits per heavy atom. The minimum absolute atomic E-state index is 0.760. The average Bonchev–Trinajstić information content (AvgIpc) is 2.57. The van der Waals surface area contributed by atoms with Crippen LogP contribution in [0.5, 0.6) is 0 Å². The Bertz CT molecular complexity index is 331. The fourth-order valence-corrected chi connectivity index (χ4v) is 1.83. The molecule has 0 saturated carbocycles. The number of aryl methyl sites for hydroxylation is 1. The Balaban J connectivity index is 2.47. The predicted molar refractivity (Wildman–Crippen MR) is 72.0 cm³/mol. The van der Waals surface area contributed by atoms with Crippen LogP contribution in [0.1, 0.15) is 37.4 Å². The van der Waals surface area contributed by atoms with Gasteiger partial charge in [-0.1, -0.05) is 13.8 Å². The number of rotatable bonds is 7. The van der Waals surface area contributed by atoms with Gasteiger partial charge in [0.15, 0.2) is 0 Å². The van der Waals surface area contributed by atoms with E-state index >= 15 is 0 Å². The fourth-order valence-electron chi connectivity index (χ4n) is 1.83. The molecule has 0 fully saturated rings. The van der Waals surface area contributed by atoms with E-state index in [0.717, 1.165) is 37.1 Å². The Kier molecular flexibility index (Phi) is 5.72. The molecule has 3 heteroatoms. The molecule has 1 aromatic heterocycles. The van der Waals surface area contributed by atoms with Crippen molar-refractivity contribution in [2.75, 3.05) is 20.6 Å². The van der Waals surface area contributed by atoms with E-state index < -0.39 is 0 Å². The van der Waals surface area contributed by atoms with Crippen LogP contribution in [0.2, 0.25) is 0 Å². The second-order valence-corrected chi connectivity index (χ2v) is 5.27. The van der Waals surface area contributed by atoms with Gasteiger partial charge in [0.25, 0.3) is 0 Å². The normalized spacial score (nSPS) is 11.7. The number of hydrogen-bond acceptors (Lipinski definition) is 3. The first-order valence-electron chi connectivity index (χ1n) is 6.44. The Labute approximate surface area is 105 Å². The third-order valence-electron chi connectivity index (χ3n) is 2.92. The molecule has 0 atom stereocenters. The zero-order chi connectivity index (χ0) is 12.8. The molecule has 1 aromatic rings. The van der Waals surface area contributed by atoms with Crippen LogP contribution in [-0.4, -0.2) is 25.5 Å². The quantitative estimate of drug-likeness (QED) is 0.792. The van der Waals surface area contributed by atoms with Crippen LogP contribution in [0.3, 0.4) is 0 Å². The Morgan fingerprint density at radius 1 is 1.41 bits per heavy atom. The van der Waals surface area contributed by atoms with Crippen LogP contribution in [-0.2, 0) is 13.1 Å². The lowest BCUT2D eigenvalue weighted by Gasteiger charge is -2.16. The monoisotopic (exact) mass is 238 g/mol. The molecule has 17 heavy (non-hydrogen) atoms. The van der Waals surface area contributed by atoms with E-state index in [-0.39, 0.29) is 0 Å². The fraction of sp³-hybridized carbons (Fsp3) is 0.714. The lowest BCUT2D eigenvalue weighted by Crippen LogP contribution is -2.20. The van der Waals surface area contributed by atoms with Gasteiger partial charge in [-0.15, -0.1) is 0 Å². The van der Waals surface area contributed by atoms with E-state index in [2.05, 4.69) is 44.1 Å². The minimum Gasteiger partial charge on any atom is -0.463 e. The van der Waals surface area contributed by atoms with Crippen molar-refractivity contribution in [2.45, 2.75) is 40.3 Å². The standard InChI is InChI=1S/C14H26N2O/c1-11(2)6-7-16(5)10-13-8-12(3)14(17-13)9-15-4/h8,11,15H,6-7,9-10H2,1-5H3. The van der Waals surface area contributed by atoms with Crippen LogP contribution < -0.4 is 5.32 Å². The summed E-state index contributed by atoms with van der Waals surface area (Å²) in [5.74, 6) is 2.88. The molecule has 1 rings (SSSR count). The summed E-state index contributed by atoms with van der Waals surface area (Å²) < 4.78 is 5.83. The molecular weight excluding hydrogens is 212 g/mol. The molecule has 0 aliphatic heterocycles. The van der Waals surface area contributed by atoms with Gasteiger partial charge in [0.2, 0.25) is 0 Å². The van der Waals surface area contributed by atoms with E-state index in [1.165, 1.54) is 12.0 Å². The number of furan rings is 1. The van der Waals surface area contributed by atoms with E-state index in [0.29, 0.717) is 0 Å². The zero-order valence-electron chi connectivity index (χ0n) is 11.8. The minimum atomic E-state index is 0.760. The number of hydrogen-bond donors (Lipinski definition) is 1. The van der Waals surface area contributed by atoms with Gasteiger partial charge < -0.3 is 9.73 Å². The smallest absolute Gasteiger partial charge is 0.120 e. The maximum atomic E-state index is 5.83. The van der Waals surface area contributed by atoms with Gasteiger partial charge in [0.1, 0.15) is 11.5 Å². The first kappa shape index (κ1) is 14.3. The van der Waals surface area contributed by atoms with Crippen molar-refractivity contribution in [1.29, 1.82) is 0 Å². The molecule has 0 aromatic carbocycles. The highest BCUT2D eigenvalue weighted by Gasteiger charge is 2.09. The Hall–Kier alpha value is -0.800. The number of nitrogens with one attached hydrogen (secondary N) is 1. The largest absolute Gasteiger partial charge is 0.463 e. The van der Waals surface area contributed by atoms with E-state index in [4.69, 9.17) is 4.42 Å². The summed E-state index contributed by atoms with van der Waals surface area (Å²) in [6.45, 7) is 9.46. The zero-order valence-corrected chi connectivity index (χ0v) is 11.8. The average molecular weight is 238 g/mol. The van der Waals surface area contributed by atoms with Crippen molar-refractivity contribution in [3.63, 3.8) is 0 Å². The summed E-state index contributed by atoms with van der Waals surface area (Å²) in [5, 5.41) is 3.12. The maximum absolute atomic E-state index is 5.83. The highest BCUT2D eigenvalue weighted by molar-refractivity contribution is 5.19. The van der Waals surface area contributed by atoms with Gasteiger partial charge in [-0.2, -0.15) is 0 Å². The molecule has 0 spiro atoms. The van der Waals surface area contributed by atoms with Gasteiger partial charge in [-0.3, -0.25) is 4.90 Å². The summed E-state index contributed by atoms with van der Waals surface area (Å²) in [4.78, 5) is 2.32. The third-order valence-corrected chi connectivity index (χ3v) is 2.92. The van der Waals surface area contributed by atoms with Crippen LogP contribution in [0.25, 0.3) is 0 Å². The van der Waals surface area contributed by atoms with Crippen LogP contribution in [0.4, 0.5) is 0 Å². The summed E-state index contributed by atoms with van der Waals surface area (Å²) in [6, 6.07) is 2.15. The lowest BCUT2D eigenvalue weighted by atomic mass is 10.1. The van der Waals surface area contributed by atoms with Crippen molar-refractivity contribution in [1.82, 2.24) is 10.2 Å². The first-order chi connectivity index (χ1) is 8.02. The molecular formula is C14H26N2O. The van der Waals surface area contributed by atoms with Crippen LogP contribution in [0.15, 0.2) is 10.5 Å².